The SMILES string of the molecule is BCC(C)C(CCCC(C)(C)C)CCC(C)(C)C. The van der Waals surface area contributed by atoms with Crippen molar-refractivity contribution in [1.29, 1.82) is 0 Å². The van der Waals surface area contributed by atoms with Crippen LogP contribution >= 0.6 is 0 Å². The third-order valence-electron chi connectivity index (χ3n) is 4.22. The van der Waals surface area contributed by atoms with E-state index in [2.05, 4.69) is 56.3 Å². The highest BCUT2D eigenvalue weighted by Gasteiger charge is 2.20. The number of hydrogen-bond acceptors (Lipinski definition) is 0. The fourth-order valence-electron chi connectivity index (χ4n) is 2.56. The molecule has 0 saturated heterocycles. The Labute approximate surface area is 118 Å². The summed E-state index contributed by atoms with van der Waals surface area (Å²) in [4.78, 5) is 0. The Bertz CT molecular complexity index is 207. The highest BCUT2D eigenvalue weighted by atomic mass is 14.3. The van der Waals surface area contributed by atoms with Gasteiger partial charge in [0.25, 0.3) is 0 Å². The van der Waals surface area contributed by atoms with E-state index in [-0.39, 0.29) is 0 Å². The van der Waals surface area contributed by atoms with E-state index >= 15 is 0 Å². The van der Waals surface area contributed by atoms with Crippen LogP contribution in [-0.4, -0.2) is 7.85 Å². The zero-order chi connectivity index (χ0) is 14.4. The summed E-state index contributed by atoms with van der Waals surface area (Å²) in [6.07, 6.45) is 8.34. The summed E-state index contributed by atoms with van der Waals surface area (Å²) in [7, 11) is 2.35. The summed E-state index contributed by atoms with van der Waals surface area (Å²) in [6.45, 7) is 16.6. The predicted molar refractivity (Wildman–Crippen MR) is 88.0 cm³/mol. The molecule has 1 heteroatoms. The molecule has 108 valence electrons. The molecule has 0 aromatic carbocycles. The van der Waals surface area contributed by atoms with Gasteiger partial charge in [-0.25, -0.2) is 0 Å². The minimum Gasteiger partial charge on any atom is -0.0783 e. The lowest BCUT2D eigenvalue weighted by Crippen LogP contribution is -2.16. The Morgan fingerprint density at radius 2 is 1.33 bits per heavy atom. The van der Waals surface area contributed by atoms with Gasteiger partial charge in [-0.3, -0.25) is 0 Å². The lowest BCUT2D eigenvalue weighted by molar-refractivity contribution is 0.249. The molecule has 0 aliphatic heterocycles. The molecule has 2 unspecified atom stereocenters. The first-order valence-electron chi connectivity index (χ1n) is 8.05. The predicted octanol–water partition coefficient (Wildman–Crippen LogP) is 5.33. The first-order valence-corrected chi connectivity index (χ1v) is 8.05. The van der Waals surface area contributed by atoms with Crippen LogP contribution in [0.2, 0.25) is 6.32 Å². The van der Waals surface area contributed by atoms with E-state index in [4.69, 9.17) is 0 Å². The van der Waals surface area contributed by atoms with Gasteiger partial charge in [0.2, 0.25) is 0 Å². The van der Waals surface area contributed by atoms with Crippen LogP contribution < -0.4 is 0 Å². The maximum absolute atomic E-state index is 2.45. The summed E-state index contributed by atoms with van der Waals surface area (Å²) >= 11 is 0. The largest absolute Gasteiger partial charge is 0.101 e. The molecule has 2 atom stereocenters. The molecule has 0 bridgehead atoms. The standard InChI is InChI=1S/C17H37B/c1-14(13-18)15(10-12-17(5,6)7)9-8-11-16(2,3)4/h14-15H,8-13,18H2,1-7H3. The first-order chi connectivity index (χ1) is 8.05. The monoisotopic (exact) mass is 252 g/mol. The highest BCUT2D eigenvalue weighted by Crippen LogP contribution is 2.32. The van der Waals surface area contributed by atoms with Gasteiger partial charge in [-0.05, 0) is 41.9 Å². The van der Waals surface area contributed by atoms with Crippen molar-refractivity contribution < 1.29 is 0 Å². The molecule has 0 rings (SSSR count). The van der Waals surface area contributed by atoms with Gasteiger partial charge in [-0.2, -0.15) is 0 Å². The van der Waals surface area contributed by atoms with E-state index in [1.165, 1.54) is 38.4 Å². The highest BCUT2D eigenvalue weighted by molar-refractivity contribution is 6.08. The first kappa shape index (κ1) is 18.1. The van der Waals surface area contributed by atoms with Crippen LogP contribution in [0, 0.1) is 22.7 Å². The van der Waals surface area contributed by atoms with E-state index in [1.807, 2.05) is 0 Å². The fraction of sp³-hybridized carbons (Fsp3) is 1.00. The molecular formula is C17H37B. The van der Waals surface area contributed by atoms with E-state index in [0.717, 1.165) is 11.8 Å². The van der Waals surface area contributed by atoms with Crippen LogP contribution in [0.3, 0.4) is 0 Å². The summed E-state index contributed by atoms with van der Waals surface area (Å²) in [5.41, 5.74) is 1.000. The van der Waals surface area contributed by atoms with Crippen molar-refractivity contribution >= 4 is 7.85 Å². The smallest absolute Gasteiger partial charge is 0.0783 e. The van der Waals surface area contributed by atoms with Crippen molar-refractivity contribution in [2.45, 2.75) is 86.9 Å². The van der Waals surface area contributed by atoms with Gasteiger partial charge in [0.05, 0.1) is 0 Å². The third kappa shape index (κ3) is 10.0. The zero-order valence-electron chi connectivity index (χ0n) is 14.4. The summed E-state index contributed by atoms with van der Waals surface area (Å²) in [5.74, 6) is 1.84. The Morgan fingerprint density at radius 3 is 1.72 bits per heavy atom. The second-order valence-corrected chi connectivity index (χ2v) is 8.70. The number of rotatable bonds is 7. The average Bonchev–Trinajstić information content (AvgIpc) is 2.19. The zero-order valence-corrected chi connectivity index (χ0v) is 14.4. The normalized spacial score (nSPS) is 16.6. The quantitative estimate of drug-likeness (QED) is 0.537. The van der Waals surface area contributed by atoms with Crippen molar-refractivity contribution in [2.24, 2.45) is 22.7 Å². The van der Waals surface area contributed by atoms with Crippen LogP contribution in [0.25, 0.3) is 0 Å². The minimum atomic E-state index is 0.496. The van der Waals surface area contributed by atoms with Crippen LogP contribution in [-0.2, 0) is 0 Å². The number of hydrogen-bond donors (Lipinski definition) is 0. The van der Waals surface area contributed by atoms with Gasteiger partial charge in [0.1, 0.15) is 7.85 Å². The Balaban J connectivity index is 4.16. The molecule has 0 nitrogen and oxygen atoms in total. The van der Waals surface area contributed by atoms with Gasteiger partial charge in [0, 0.05) is 0 Å². The lowest BCUT2D eigenvalue weighted by Gasteiger charge is -2.28. The van der Waals surface area contributed by atoms with Crippen molar-refractivity contribution in [3.05, 3.63) is 0 Å². The second-order valence-electron chi connectivity index (χ2n) is 8.70. The molecule has 0 fully saturated rings. The summed E-state index contributed by atoms with van der Waals surface area (Å²) in [6, 6.07) is 0. The van der Waals surface area contributed by atoms with E-state index in [9.17, 15) is 0 Å². The van der Waals surface area contributed by atoms with Gasteiger partial charge < -0.3 is 0 Å². The molecular weight excluding hydrogens is 215 g/mol. The maximum Gasteiger partial charge on any atom is 0.101 e. The van der Waals surface area contributed by atoms with Crippen LogP contribution in [0.15, 0.2) is 0 Å². The van der Waals surface area contributed by atoms with E-state index < -0.39 is 0 Å². The minimum absolute atomic E-state index is 0.496. The molecule has 0 aromatic heterocycles. The molecule has 0 radical (unpaired) electrons. The molecule has 18 heavy (non-hydrogen) atoms. The third-order valence-corrected chi connectivity index (χ3v) is 4.22. The van der Waals surface area contributed by atoms with Gasteiger partial charge in [-0.15, -0.1) is 0 Å². The van der Waals surface area contributed by atoms with Gasteiger partial charge in [0.15, 0.2) is 0 Å². The Morgan fingerprint density at radius 1 is 0.833 bits per heavy atom. The Kier molecular flexibility index (Phi) is 7.63. The van der Waals surface area contributed by atoms with Crippen LogP contribution in [0.1, 0.15) is 80.6 Å². The van der Waals surface area contributed by atoms with Crippen molar-refractivity contribution in [3.63, 3.8) is 0 Å². The lowest BCUT2D eigenvalue weighted by atomic mass is 9.75. The fourth-order valence-corrected chi connectivity index (χ4v) is 2.56. The van der Waals surface area contributed by atoms with Crippen molar-refractivity contribution in [3.8, 4) is 0 Å². The molecule has 0 saturated carbocycles. The Hall–Kier alpha value is 0.0649. The summed E-state index contributed by atoms with van der Waals surface area (Å²) < 4.78 is 0. The second kappa shape index (κ2) is 7.60. The van der Waals surface area contributed by atoms with Crippen molar-refractivity contribution in [2.75, 3.05) is 0 Å². The molecule has 0 spiro atoms. The van der Waals surface area contributed by atoms with Gasteiger partial charge in [-0.1, -0.05) is 67.6 Å². The molecule has 0 aliphatic carbocycles. The van der Waals surface area contributed by atoms with Crippen molar-refractivity contribution in [1.82, 2.24) is 0 Å². The van der Waals surface area contributed by atoms with E-state index in [1.54, 1.807) is 0 Å². The summed E-state index contributed by atoms with van der Waals surface area (Å²) in [5, 5.41) is 0. The molecule has 0 amide bonds. The van der Waals surface area contributed by atoms with E-state index in [0.29, 0.717) is 10.8 Å². The van der Waals surface area contributed by atoms with Crippen LogP contribution in [0.5, 0.6) is 0 Å². The topological polar surface area (TPSA) is 0 Å². The molecule has 0 heterocycles. The maximum atomic E-state index is 2.45. The molecule has 0 aromatic rings. The average molecular weight is 252 g/mol. The molecule has 0 aliphatic rings. The molecule has 0 N–H and O–H groups in total. The van der Waals surface area contributed by atoms with Crippen LogP contribution in [0.4, 0.5) is 0 Å². The van der Waals surface area contributed by atoms with Gasteiger partial charge >= 0.3 is 0 Å².